The van der Waals surface area contributed by atoms with E-state index in [1.54, 1.807) is 6.26 Å². The van der Waals surface area contributed by atoms with Gasteiger partial charge in [0.25, 0.3) is 0 Å². The fourth-order valence-corrected chi connectivity index (χ4v) is 1.41. The Morgan fingerprint density at radius 1 is 1.38 bits per heavy atom. The molecule has 3 heteroatoms. The molecule has 0 amide bonds. The van der Waals surface area contributed by atoms with Crippen molar-refractivity contribution in [1.29, 1.82) is 0 Å². The van der Waals surface area contributed by atoms with E-state index in [2.05, 4.69) is 0 Å². The number of aromatic nitrogens is 1. The van der Waals surface area contributed by atoms with E-state index in [1.165, 1.54) is 0 Å². The SMILES string of the molecule is Cn1cccc1C(N)c1ccco1. The molecule has 0 radical (unpaired) electrons. The lowest BCUT2D eigenvalue weighted by Crippen LogP contribution is -2.14. The van der Waals surface area contributed by atoms with E-state index in [1.807, 2.05) is 42.1 Å². The summed E-state index contributed by atoms with van der Waals surface area (Å²) >= 11 is 0. The number of nitrogens with zero attached hydrogens (tertiary/aromatic N) is 1. The number of rotatable bonds is 2. The van der Waals surface area contributed by atoms with E-state index in [0.29, 0.717) is 0 Å². The molecule has 13 heavy (non-hydrogen) atoms. The fourth-order valence-electron chi connectivity index (χ4n) is 1.41. The predicted octanol–water partition coefficient (Wildman–Crippen LogP) is 1.67. The maximum absolute atomic E-state index is 5.99. The van der Waals surface area contributed by atoms with Gasteiger partial charge in [-0.05, 0) is 24.3 Å². The Hall–Kier alpha value is -1.48. The van der Waals surface area contributed by atoms with Crippen LogP contribution < -0.4 is 5.73 Å². The van der Waals surface area contributed by atoms with E-state index in [-0.39, 0.29) is 6.04 Å². The topological polar surface area (TPSA) is 44.1 Å². The molecule has 1 unspecified atom stereocenters. The highest BCUT2D eigenvalue weighted by Crippen LogP contribution is 2.19. The first-order valence-electron chi connectivity index (χ1n) is 4.19. The summed E-state index contributed by atoms with van der Waals surface area (Å²) in [6.45, 7) is 0. The summed E-state index contributed by atoms with van der Waals surface area (Å²) in [5.41, 5.74) is 7.04. The van der Waals surface area contributed by atoms with Crippen LogP contribution in [0.25, 0.3) is 0 Å². The van der Waals surface area contributed by atoms with Crippen LogP contribution in [0.1, 0.15) is 17.5 Å². The first-order chi connectivity index (χ1) is 6.29. The van der Waals surface area contributed by atoms with E-state index in [9.17, 15) is 0 Å². The van der Waals surface area contributed by atoms with Gasteiger partial charge in [-0.15, -0.1) is 0 Å². The Morgan fingerprint density at radius 3 is 2.77 bits per heavy atom. The summed E-state index contributed by atoms with van der Waals surface area (Å²) in [6.07, 6.45) is 3.61. The number of aryl methyl sites for hydroxylation is 1. The van der Waals surface area contributed by atoms with Crippen molar-refractivity contribution in [1.82, 2.24) is 4.57 Å². The zero-order chi connectivity index (χ0) is 9.26. The molecule has 2 rings (SSSR count). The number of hydrogen-bond acceptors (Lipinski definition) is 2. The molecule has 0 aliphatic heterocycles. The van der Waals surface area contributed by atoms with Gasteiger partial charge < -0.3 is 14.7 Å². The summed E-state index contributed by atoms with van der Waals surface area (Å²) in [5.74, 6) is 0.793. The monoisotopic (exact) mass is 176 g/mol. The van der Waals surface area contributed by atoms with E-state index in [0.717, 1.165) is 11.5 Å². The quantitative estimate of drug-likeness (QED) is 0.756. The van der Waals surface area contributed by atoms with Crippen molar-refractivity contribution in [3.63, 3.8) is 0 Å². The molecule has 0 aromatic carbocycles. The van der Waals surface area contributed by atoms with Gasteiger partial charge in [-0.2, -0.15) is 0 Å². The van der Waals surface area contributed by atoms with Crippen molar-refractivity contribution < 1.29 is 4.42 Å². The molecule has 0 aliphatic rings. The van der Waals surface area contributed by atoms with Crippen LogP contribution in [-0.2, 0) is 7.05 Å². The average molecular weight is 176 g/mol. The van der Waals surface area contributed by atoms with Crippen LogP contribution in [-0.4, -0.2) is 4.57 Å². The Bertz CT molecular complexity index is 375. The molecular weight excluding hydrogens is 164 g/mol. The summed E-state index contributed by atoms with van der Waals surface area (Å²) in [4.78, 5) is 0. The zero-order valence-corrected chi connectivity index (χ0v) is 7.47. The predicted molar refractivity (Wildman–Crippen MR) is 50.2 cm³/mol. The highest BCUT2D eigenvalue weighted by molar-refractivity contribution is 5.20. The maximum atomic E-state index is 5.99. The Balaban J connectivity index is 2.33. The van der Waals surface area contributed by atoms with Gasteiger partial charge in [-0.3, -0.25) is 0 Å². The molecule has 0 fully saturated rings. The van der Waals surface area contributed by atoms with Gasteiger partial charge in [-0.1, -0.05) is 0 Å². The molecule has 0 saturated carbocycles. The minimum absolute atomic E-state index is 0.171. The zero-order valence-electron chi connectivity index (χ0n) is 7.47. The second-order valence-electron chi connectivity index (χ2n) is 3.04. The summed E-state index contributed by atoms with van der Waals surface area (Å²) < 4.78 is 7.23. The fraction of sp³-hybridized carbons (Fsp3) is 0.200. The number of furan rings is 1. The van der Waals surface area contributed by atoms with E-state index >= 15 is 0 Å². The third-order valence-electron chi connectivity index (χ3n) is 2.15. The van der Waals surface area contributed by atoms with Crippen LogP contribution >= 0.6 is 0 Å². The van der Waals surface area contributed by atoms with Crippen molar-refractivity contribution in [2.45, 2.75) is 6.04 Å². The molecule has 1 atom stereocenters. The molecule has 2 N–H and O–H groups in total. The van der Waals surface area contributed by atoms with Crippen LogP contribution in [0.5, 0.6) is 0 Å². The smallest absolute Gasteiger partial charge is 0.126 e. The van der Waals surface area contributed by atoms with Crippen LogP contribution in [0.15, 0.2) is 41.1 Å². The normalized spacial score (nSPS) is 13.1. The van der Waals surface area contributed by atoms with Gasteiger partial charge in [0.05, 0.1) is 6.26 Å². The third kappa shape index (κ3) is 1.38. The van der Waals surface area contributed by atoms with Crippen LogP contribution in [0.2, 0.25) is 0 Å². The standard InChI is InChI=1S/C10H12N2O/c1-12-6-2-4-8(12)10(11)9-5-3-7-13-9/h2-7,10H,11H2,1H3. The lowest BCUT2D eigenvalue weighted by atomic mass is 10.2. The summed E-state index contributed by atoms with van der Waals surface area (Å²) in [5, 5.41) is 0. The summed E-state index contributed by atoms with van der Waals surface area (Å²) in [6, 6.07) is 7.52. The van der Waals surface area contributed by atoms with Crippen molar-refractivity contribution in [3.8, 4) is 0 Å². The third-order valence-corrected chi connectivity index (χ3v) is 2.15. The molecule has 2 heterocycles. The van der Waals surface area contributed by atoms with Crippen molar-refractivity contribution >= 4 is 0 Å². The number of nitrogens with two attached hydrogens (primary N) is 1. The van der Waals surface area contributed by atoms with Crippen LogP contribution in [0.3, 0.4) is 0 Å². The number of hydrogen-bond donors (Lipinski definition) is 1. The molecule has 3 nitrogen and oxygen atoms in total. The Morgan fingerprint density at radius 2 is 2.23 bits per heavy atom. The van der Waals surface area contributed by atoms with Crippen LogP contribution in [0.4, 0.5) is 0 Å². The molecule has 2 aromatic rings. The van der Waals surface area contributed by atoms with Gasteiger partial charge in [0.2, 0.25) is 0 Å². The first kappa shape index (κ1) is 8.13. The van der Waals surface area contributed by atoms with Crippen molar-refractivity contribution in [3.05, 3.63) is 48.2 Å². The Kier molecular flexibility index (Phi) is 1.94. The van der Waals surface area contributed by atoms with Gasteiger partial charge in [0, 0.05) is 18.9 Å². The molecule has 0 aliphatic carbocycles. The van der Waals surface area contributed by atoms with E-state index < -0.39 is 0 Å². The second kappa shape index (κ2) is 3.11. The van der Waals surface area contributed by atoms with Gasteiger partial charge in [0.15, 0.2) is 0 Å². The van der Waals surface area contributed by atoms with Gasteiger partial charge in [-0.25, -0.2) is 0 Å². The van der Waals surface area contributed by atoms with E-state index in [4.69, 9.17) is 10.2 Å². The van der Waals surface area contributed by atoms with Gasteiger partial charge in [0.1, 0.15) is 11.8 Å². The minimum atomic E-state index is -0.171. The molecule has 68 valence electrons. The molecular formula is C10H12N2O. The lowest BCUT2D eigenvalue weighted by molar-refractivity contribution is 0.482. The lowest BCUT2D eigenvalue weighted by Gasteiger charge is -2.09. The Labute approximate surface area is 76.8 Å². The first-order valence-corrected chi connectivity index (χ1v) is 4.19. The summed E-state index contributed by atoms with van der Waals surface area (Å²) in [7, 11) is 1.97. The largest absolute Gasteiger partial charge is 0.467 e. The average Bonchev–Trinajstić information content (AvgIpc) is 2.72. The second-order valence-corrected chi connectivity index (χ2v) is 3.04. The van der Waals surface area contributed by atoms with Crippen LogP contribution in [0, 0.1) is 0 Å². The maximum Gasteiger partial charge on any atom is 0.126 e. The molecule has 0 saturated heterocycles. The molecule has 0 spiro atoms. The van der Waals surface area contributed by atoms with Crippen molar-refractivity contribution in [2.75, 3.05) is 0 Å². The highest BCUT2D eigenvalue weighted by atomic mass is 16.3. The molecule has 2 aromatic heterocycles. The highest BCUT2D eigenvalue weighted by Gasteiger charge is 2.13. The molecule has 0 bridgehead atoms. The van der Waals surface area contributed by atoms with Gasteiger partial charge >= 0.3 is 0 Å². The van der Waals surface area contributed by atoms with Crippen molar-refractivity contribution in [2.24, 2.45) is 12.8 Å². The minimum Gasteiger partial charge on any atom is -0.467 e.